The van der Waals surface area contributed by atoms with E-state index in [2.05, 4.69) is 10.00 Å². The summed E-state index contributed by atoms with van der Waals surface area (Å²) in [5.74, 6) is 0.337. The molecule has 2 aliphatic rings. The lowest BCUT2D eigenvalue weighted by atomic mass is 10.2. The Hall–Kier alpha value is -2.39. The van der Waals surface area contributed by atoms with Crippen molar-refractivity contribution >= 4 is 22.4 Å². The second-order valence-electron chi connectivity index (χ2n) is 8.40. The number of aromatic nitrogens is 2. The second-order valence-corrected chi connectivity index (χ2v) is 10.4. The van der Waals surface area contributed by atoms with Crippen molar-refractivity contribution in [3.8, 4) is 11.4 Å². The monoisotopic (exact) mass is 445 g/mol. The number of nitrogens with two attached hydrogens (primary N) is 1. The van der Waals surface area contributed by atoms with Crippen LogP contribution >= 0.6 is 0 Å². The minimum absolute atomic E-state index is 0.0464. The minimum Gasteiger partial charge on any atom is -0.483 e. The second kappa shape index (κ2) is 9.40. The van der Waals surface area contributed by atoms with E-state index in [1.165, 1.54) is 4.68 Å². The largest absolute Gasteiger partial charge is 0.483 e. The third kappa shape index (κ3) is 4.62. The van der Waals surface area contributed by atoms with Crippen molar-refractivity contribution in [2.75, 3.05) is 36.8 Å². The fourth-order valence-electron chi connectivity index (χ4n) is 4.20. The van der Waals surface area contributed by atoms with E-state index in [4.69, 9.17) is 10.5 Å². The first-order valence-corrected chi connectivity index (χ1v) is 12.2. The number of para-hydroxylation sites is 2. The average Bonchev–Trinajstić information content (AvgIpc) is 3.29. The van der Waals surface area contributed by atoms with Crippen molar-refractivity contribution in [2.45, 2.75) is 50.9 Å². The standard InChI is InChI=1S/C22H31N5O3S/c1-16(2)31(29)26-13-11-25(12-14-26)20-15-24-27(19-10-6-5-9-18(19)23)22(28)21(20)30-17-7-3-4-8-17/h5-6,9-10,15-17H,3-4,7-8,11-14,23H2,1-2H3. The number of anilines is 2. The topological polar surface area (TPSA) is 93.7 Å². The van der Waals surface area contributed by atoms with Crippen molar-refractivity contribution in [2.24, 2.45) is 0 Å². The zero-order valence-corrected chi connectivity index (χ0v) is 19.0. The van der Waals surface area contributed by atoms with E-state index >= 15 is 0 Å². The van der Waals surface area contributed by atoms with Crippen LogP contribution < -0.4 is 20.9 Å². The summed E-state index contributed by atoms with van der Waals surface area (Å²) in [5.41, 5.74) is 7.54. The molecule has 0 radical (unpaired) electrons. The zero-order valence-electron chi connectivity index (χ0n) is 18.2. The quantitative estimate of drug-likeness (QED) is 0.686. The SMILES string of the molecule is CC(C)S(=O)N1CCN(c2cnn(-c3ccccc3N)c(=O)c2OC2CCCC2)CC1. The first-order valence-electron chi connectivity index (χ1n) is 11.0. The molecule has 1 aliphatic carbocycles. The van der Waals surface area contributed by atoms with E-state index in [-0.39, 0.29) is 16.9 Å². The van der Waals surface area contributed by atoms with Gasteiger partial charge in [0.2, 0.25) is 5.75 Å². The maximum absolute atomic E-state index is 13.5. The molecule has 2 fully saturated rings. The molecule has 1 saturated carbocycles. The smallest absolute Gasteiger partial charge is 0.316 e. The van der Waals surface area contributed by atoms with Gasteiger partial charge >= 0.3 is 5.56 Å². The molecule has 1 aliphatic heterocycles. The van der Waals surface area contributed by atoms with Crippen LogP contribution in [-0.4, -0.2) is 55.8 Å². The molecule has 1 unspecified atom stereocenters. The average molecular weight is 446 g/mol. The normalized spacial score (nSPS) is 19.1. The first-order chi connectivity index (χ1) is 15.0. The number of rotatable bonds is 6. The molecule has 1 aromatic heterocycles. The van der Waals surface area contributed by atoms with Crippen LogP contribution in [0.4, 0.5) is 11.4 Å². The lowest BCUT2D eigenvalue weighted by molar-refractivity contribution is 0.205. The van der Waals surface area contributed by atoms with Crippen molar-refractivity contribution in [3.05, 3.63) is 40.8 Å². The number of benzene rings is 1. The van der Waals surface area contributed by atoms with Gasteiger partial charge in [-0.3, -0.25) is 4.79 Å². The molecule has 4 rings (SSSR count). The number of nitrogens with zero attached hydrogens (tertiary/aromatic N) is 4. The summed E-state index contributed by atoms with van der Waals surface area (Å²) in [7, 11) is -0.994. The van der Waals surface area contributed by atoms with Crippen molar-refractivity contribution in [1.29, 1.82) is 0 Å². The Morgan fingerprint density at radius 3 is 2.42 bits per heavy atom. The Balaban J connectivity index is 1.66. The minimum atomic E-state index is -0.994. The number of hydrogen-bond donors (Lipinski definition) is 1. The van der Waals surface area contributed by atoms with Gasteiger partial charge in [-0.15, -0.1) is 0 Å². The maximum Gasteiger partial charge on any atom is 0.316 e. The molecule has 9 heteroatoms. The van der Waals surface area contributed by atoms with Gasteiger partial charge in [-0.1, -0.05) is 12.1 Å². The molecule has 0 amide bonds. The fraction of sp³-hybridized carbons (Fsp3) is 0.545. The number of ether oxygens (including phenoxy) is 1. The highest BCUT2D eigenvalue weighted by molar-refractivity contribution is 7.83. The molecule has 0 spiro atoms. The van der Waals surface area contributed by atoms with E-state index < -0.39 is 11.0 Å². The highest BCUT2D eigenvalue weighted by Crippen LogP contribution is 2.30. The molecular weight excluding hydrogens is 414 g/mol. The van der Waals surface area contributed by atoms with Gasteiger partial charge in [-0.2, -0.15) is 9.78 Å². The van der Waals surface area contributed by atoms with Gasteiger partial charge in [0, 0.05) is 31.4 Å². The van der Waals surface area contributed by atoms with Crippen LogP contribution in [0.2, 0.25) is 0 Å². The van der Waals surface area contributed by atoms with Gasteiger partial charge in [0.25, 0.3) is 0 Å². The van der Waals surface area contributed by atoms with Gasteiger partial charge in [-0.25, -0.2) is 8.51 Å². The summed E-state index contributed by atoms with van der Waals surface area (Å²) in [6.07, 6.45) is 5.89. The Morgan fingerprint density at radius 1 is 1.10 bits per heavy atom. The molecule has 1 saturated heterocycles. The van der Waals surface area contributed by atoms with Gasteiger partial charge in [0.05, 0.1) is 34.7 Å². The van der Waals surface area contributed by atoms with Crippen LogP contribution in [-0.2, 0) is 11.0 Å². The lowest BCUT2D eigenvalue weighted by Crippen LogP contribution is -2.48. The third-order valence-corrected chi connectivity index (χ3v) is 7.58. The Morgan fingerprint density at radius 2 is 1.77 bits per heavy atom. The van der Waals surface area contributed by atoms with E-state index in [1.54, 1.807) is 18.3 Å². The Bertz CT molecular complexity index is 995. The van der Waals surface area contributed by atoms with Gasteiger partial charge in [0.15, 0.2) is 0 Å². The van der Waals surface area contributed by atoms with Crippen molar-refractivity contribution in [3.63, 3.8) is 0 Å². The summed E-state index contributed by atoms with van der Waals surface area (Å²) < 4.78 is 22.0. The van der Waals surface area contributed by atoms with Crippen molar-refractivity contribution in [1.82, 2.24) is 14.1 Å². The fourth-order valence-corrected chi connectivity index (χ4v) is 5.32. The molecular formula is C22H31N5O3S. The van der Waals surface area contributed by atoms with Crippen LogP contribution in [0.1, 0.15) is 39.5 Å². The molecule has 2 aromatic rings. The summed E-state index contributed by atoms with van der Waals surface area (Å²) in [6.45, 7) is 6.60. The molecule has 8 nitrogen and oxygen atoms in total. The van der Waals surface area contributed by atoms with Gasteiger partial charge in [-0.05, 0) is 51.7 Å². The molecule has 0 bridgehead atoms. The van der Waals surface area contributed by atoms with Crippen LogP contribution in [0.3, 0.4) is 0 Å². The summed E-state index contributed by atoms with van der Waals surface area (Å²) in [6, 6.07) is 7.19. The van der Waals surface area contributed by atoms with Gasteiger partial charge in [0.1, 0.15) is 5.69 Å². The van der Waals surface area contributed by atoms with E-state index in [1.807, 2.05) is 30.3 Å². The highest BCUT2D eigenvalue weighted by Gasteiger charge is 2.28. The molecule has 2 N–H and O–H groups in total. The third-order valence-electron chi connectivity index (χ3n) is 5.90. The number of piperazine rings is 1. The molecule has 1 atom stereocenters. The predicted molar refractivity (Wildman–Crippen MR) is 124 cm³/mol. The summed E-state index contributed by atoms with van der Waals surface area (Å²) >= 11 is 0. The Labute approximate surface area is 185 Å². The van der Waals surface area contributed by atoms with Crippen molar-refractivity contribution < 1.29 is 8.95 Å². The first kappa shape index (κ1) is 21.8. The van der Waals surface area contributed by atoms with Crippen LogP contribution in [0, 0.1) is 0 Å². The van der Waals surface area contributed by atoms with Crippen LogP contribution in [0.15, 0.2) is 35.3 Å². The number of nitrogen functional groups attached to an aromatic ring is 1. The lowest BCUT2D eigenvalue weighted by Gasteiger charge is -2.36. The van der Waals surface area contributed by atoms with Crippen LogP contribution in [0.5, 0.6) is 5.75 Å². The summed E-state index contributed by atoms with van der Waals surface area (Å²) in [5, 5.41) is 4.52. The highest BCUT2D eigenvalue weighted by atomic mass is 32.2. The maximum atomic E-state index is 13.5. The molecule has 168 valence electrons. The van der Waals surface area contributed by atoms with E-state index in [0.717, 1.165) is 25.7 Å². The Kier molecular flexibility index (Phi) is 6.62. The van der Waals surface area contributed by atoms with Crippen LogP contribution in [0.25, 0.3) is 5.69 Å². The molecule has 2 heterocycles. The molecule has 31 heavy (non-hydrogen) atoms. The van der Waals surface area contributed by atoms with Gasteiger partial charge < -0.3 is 15.4 Å². The molecule has 1 aromatic carbocycles. The summed E-state index contributed by atoms with van der Waals surface area (Å²) in [4.78, 5) is 15.6. The van der Waals surface area contributed by atoms with E-state index in [9.17, 15) is 9.00 Å². The number of hydrogen-bond acceptors (Lipinski definition) is 6. The predicted octanol–water partition coefficient (Wildman–Crippen LogP) is 2.33. The van der Waals surface area contributed by atoms with E-state index in [0.29, 0.717) is 49.0 Å². The zero-order chi connectivity index (χ0) is 22.0.